The zero-order valence-corrected chi connectivity index (χ0v) is 15.9. The summed E-state index contributed by atoms with van der Waals surface area (Å²) >= 11 is 0. The van der Waals surface area contributed by atoms with Crippen molar-refractivity contribution in [2.75, 3.05) is 18.5 Å². The lowest BCUT2D eigenvalue weighted by atomic mass is 9.89. The largest absolute Gasteiger partial charge is 0.509 e. The van der Waals surface area contributed by atoms with E-state index in [1.165, 1.54) is 12.1 Å². The summed E-state index contributed by atoms with van der Waals surface area (Å²) < 4.78 is 19.6. The van der Waals surface area contributed by atoms with E-state index in [2.05, 4.69) is 31.8 Å². The van der Waals surface area contributed by atoms with Crippen molar-refractivity contribution in [1.82, 2.24) is 0 Å². The Bertz CT molecular complexity index is 873. The van der Waals surface area contributed by atoms with Crippen LogP contribution in [0.15, 0.2) is 54.8 Å². The second kappa shape index (κ2) is 8.30. The first kappa shape index (κ1) is 19.0. The molecule has 142 valence electrons. The Labute approximate surface area is 160 Å². The Hall–Kier alpha value is -2.75. The highest BCUT2D eigenvalue weighted by Gasteiger charge is 2.20. The minimum atomic E-state index is -0.299. The SMILES string of the molecule is C=C(O)/C=C(\c1ccc2c(c1)C(C)CCO2)c1ccc(F)cc1NCCC. The summed E-state index contributed by atoms with van der Waals surface area (Å²) in [5.74, 6) is 0.964. The van der Waals surface area contributed by atoms with Gasteiger partial charge in [0.05, 0.1) is 6.61 Å². The fourth-order valence-corrected chi connectivity index (χ4v) is 3.37. The number of rotatable bonds is 6. The molecule has 0 spiro atoms. The maximum absolute atomic E-state index is 13.8. The molecular weight excluding hydrogens is 341 g/mol. The molecule has 1 aliphatic heterocycles. The topological polar surface area (TPSA) is 41.5 Å². The van der Waals surface area contributed by atoms with E-state index in [9.17, 15) is 9.50 Å². The van der Waals surface area contributed by atoms with E-state index in [1.54, 1.807) is 12.1 Å². The molecule has 3 rings (SSSR count). The van der Waals surface area contributed by atoms with E-state index >= 15 is 0 Å². The smallest absolute Gasteiger partial charge is 0.125 e. The van der Waals surface area contributed by atoms with Crippen molar-refractivity contribution in [2.45, 2.75) is 32.6 Å². The molecule has 0 saturated heterocycles. The second-order valence-electron chi connectivity index (χ2n) is 6.96. The summed E-state index contributed by atoms with van der Waals surface area (Å²) in [7, 11) is 0. The molecule has 4 heteroatoms. The first-order valence-electron chi connectivity index (χ1n) is 9.40. The second-order valence-corrected chi connectivity index (χ2v) is 6.96. The van der Waals surface area contributed by atoms with Crippen LogP contribution < -0.4 is 10.1 Å². The third-order valence-corrected chi connectivity index (χ3v) is 4.81. The van der Waals surface area contributed by atoms with Gasteiger partial charge in [0.15, 0.2) is 0 Å². The van der Waals surface area contributed by atoms with Gasteiger partial charge in [-0.3, -0.25) is 0 Å². The molecule has 1 heterocycles. The Morgan fingerprint density at radius 3 is 2.89 bits per heavy atom. The quantitative estimate of drug-likeness (QED) is 0.483. The minimum absolute atomic E-state index is 0.0437. The van der Waals surface area contributed by atoms with Gasteiger partial charge in [0.1, 0.15) is 17.3 Å². The van der Waals surface area contributed by atoms with E-state index in [0.29, 0.717) is 11.6 Å². The number of hydrogen-bond donors (Lipinski definition) is 2. The van der Waals surface area contributed by atoms with Crippen LogP contribution in [0.25, 0.3) is 5.57 Å². The van der Waals surface area contributed by atoms with Crippen molar-refractivity contribution in [3.63, 3.8) is 0 Å². The molecule has 3 nitrogen and oxygen atoms in total. The zero-order chi connectivity index (χ0) is 19.4. The van der Waals surface area contributed by atoms with Crippen molar-refractivity contribution >= 4 is 11.3 Å². The Balaban J connectivity index is 2.12. The molecule has 0 aromatic heterocycles. The van der Waals surface area contributed by atoms with Gasteiger partial charge in [0.2, 0.25) is 0 Å². The molecule has 2 aromatic carbocycles. The summed E-state index contributed by atoms with van der Waals surface area (Å²) in [6, 6.07) is 10.7. The van der Waals surface area contributed by atoms with Crippen LogP contribution in [0.4, 0.5) is 10.1 Å². The number of aliphatic hydroxyl groups excluding tert-OH is 1. The lowest BCUT2D eigenvalue weighted by Crippen LogP contribution is -2.12. The van der Waals surface area contributed by atoms with Gasteiger partial charge in [-0.2, -0.15) is 0 Å². The van der Waals surface area contributed by atoms with Gasteiger partial charge in [-0.1, -0.05) is 26.5 Å². The molecule has 2 N–H and O–H groups in total. The molecule has 1 atom stereocenters. The maximum Gasteiger partial charge on any atom is 0.125 e. The van der Waals surface area contributed by atoms with Gasteiger partial charge in [-0.05, 0) is 71.9 Å². The van der Waals surface area contributed by atoms with E-state index < -0.39 is 0 Å². The lowest BCUT2D eigenvalue weighted by Gasteiger charge is -2.24. The third-order valence-electron chi connectivity index (χ3n) is 4.81. The summed E-state index contributed by atoms with van der Waals surface area (Å²) in [6.07, 6.45) is 3.53. The maximum atomic E-state index is 13.8. The molecule has 1 aliphatic rings. The van der Waals surface area contributed by atoms with Crippen molar-refractivity contribution in [2.24, 2.45) is 0 Å². The highest BCUT2D eigenvalue weighted by atomic mass is 19.1. The highest BCUT2D eigenvalue weighted by molar-refractivity contribution is 5.87. The number of hydrogen-bond acceptors (Lipinski definition) is 3. The summed E-state index contributed by atoms with van der Waals surface area (Å²) in [5, 5.41) is 13.1. The summed E-state index contributed by atoms with van der Waals surface area (Å²) in [5.41, 5.74) is 4.41. The number of fused-ring (bicyclic) bond motifs is 1. The number of benzene rings is 2. The fraction of sp³-hybridized carbons (Fsp3) is 0.304. The Kier molecular flexibility index (Phi) is 5.84. The van der Waals surface area contributed by atoms with Gasteiger partial charge in [-0.25, -0.2) is 4.39 Å². The van der Waals surface area contributed by atoms with E-state index in [-0.39, 0.29) is 11.6 Å². The van der Waals surface area contributed by atoms with Gasteiger partial charge < -0.3 is 15.2 Å². The fourth-order valence-electron chi connectivity index (χ4n) is 3.37. The first-order valence-corrected chi connectivity index (χ1v) is 9.40. The van der Waals surface area contributed by atoms with Crippen LogP contribution in [0.1, 0.15) is 49.3 Å². The average molecular weight is 367 g/mol. The van der Waals surface area contributed by atoms with E-state index in [0.717, 1.165) is 54.0 Å². The normalized spacial score (nSPS) is 16.4. The number of nitrogens with one attached hydrogen (secondary N) is 1. The van der Waals surface area contributed by atoms with E-state index in [1.807, 2.05) is 12.1 Å². The number of ether oxygens (including phenoxy) is 1. The number of allylic oxidation sites excluding steroid dienone is 1. The van der Waals surface area contributed by atoms with Crippen molar-refractivity contribution in [1.29, 1.82) is 0 Å². The standard InChI is InChI=1S/C23H26FNO2/c1-4-10-25-22-14-18(24)6-7-19(22)21(12-16(3)26)17-5-8-23-20(13-17)15(2)9-11-27-23/h5-8,12-15,25-26H,3-4,9-11H2,1-2H3/b21-12+. The third kappa shape index (κ3) is 4.33. The van der Waals surface area contributed by atoms with Crippen molar-refractivity contribution in [3.05, 3.63) is 77.3 Å². The summed E-state index contributed by atoms with van der Waals surface area (Å²) in [6.45, 7) is 9.33. The molecule has 0 aliphatic carbocycles. The number of aliphatic hydroxyl groups is 1. The molecule has 0 radical (unpaired) electrons. The van der Waals surface area contributed by atoms with Crippen LogP contribution in [0, 0.1) is 5.82 Å². The van der Waals surface area contributed by atoms with Crippen LogP contribution in [-0.4, -0.2) is 18.3 Å². The van der Waals surface area contributed by atoms with Gasteiger partial charge in [0.25, 0.3) is 0 Å². The van der Waals surface area contributed by atoms with Crippen LogP contribution in [0.2, 0.25) is 0 Å². The van der Waals surface area contributed by atoms with Crippen molar-refractivity contribution < 1.29 is 14.2 Å². The minimum Gasteiger partial charge on any atom is -0.509 e. The van der Waals surface area contributed by atoms with Crippen LogP contribution in [0.3, 0.4) is 0 Å². The van der Waals surface area contributed by atoms with Crippen molar-refractivity contribution in [3.8, 4) is 5.75 Å². The molecule has 0 bridgehead atoms. The average Bonchev–Trinajstić information content (AvgIpc) is 2.65. The van der Waals surface area contributed by atoms with E-state index in [4.69, 9.17) is 4.74 Å². The van der Waals surface area contributed by atoms with Gasteiger partial charge >= 0.3 is 0 Å². The molecule has 0 amide bonds. The summed E-state index contributed by atoms with van der Waals surface area (Å²) in [4.78, 5) is 0. The highest BCUT2D eigenvalue weighted by Crippen LogP contribution is 2.38. The predicted octanol–water partition coefficient (Wildman–Crippen LogP) is 6.04. The molecule has 27 heavy (non-hydrogen) atoms. The Morgan fingerprint density at radius 1 is 1.33 bits per heavy atom. The van der Waals surface area contributed by atoms with Crippen LogP contribution in [0.5, 0.6) is 5.75 Å². The monoisotopic (exact) mass is 367 g/mol. The molecule has 2 aromatic rings. The zero-order valence-electron chi connectivity index (χ0n) is 15.9. The molecule has 1 unspecified atom stereocenters. The van der Waals surface area contributed by atoms with Crippen LogP contribution in [-0.2, 0) is 0 Å². The van der Waals surface area contributed by atoms with Gasteiger partial charge in [-0.15, -0.1) is 0 Å². The van der Waals surface area contributed by atoms with Crippen LogP contribution >= 0.6 is 0 Å². The first-order chi connectivity index (χ1) is 13.0. The number of anilines is 1. The molecular formula is C23H26FNO2. The lowest BCUT2D eigenvalue weighted by molar-refractivity contribution is 0.272. The molecule has 0 fully saturated rings. The van der Waals surface area contributed by atoms with Gasteiger partial charge in [0, 0.05) is 17.8 Å². The predicted molar refractivity (Wildman–Crippen MR) is 109 cm³/mol. The number of halogens is 1. The molecule has 0 saturated carbocycles. The Morgan fingerprint density at radius 2 is 2.15 bits per heavy atom.